The zero-order valence-electron chi connectivity index (χ0n) is 8.70. The lowest BCUT2D eigenvalue weighted by molar-refractivity contribution is -0.132. The molecule has 0 aliphatic heterocycles. The number of halogens is 1. The highest BCUT2D eigenvalue weighted by atomic mass is 19.1. The summed E-state index contributed by atoms with van der Waals surface area (Å²) in [6.45, 7) is 8.34. The third-order valence-electron chi connectivity index (χ3n) is 2.10. The Morgan fingerprint density at radius 1 is 1.44 bits per heavy atom. The van der Waals surface area contributed by atoms with Crippen LogP contribution in [0.15, 0.2) is 35.4 Å². The molecule has 0 unspecified atom stereocenters. The second kappa shape index (κ2) is 5.12. The number of benzene rings is 1. The van der Waals surface area contributed by atoms with E-state index in [0.29, 0.717) is 12.8 Å². The zero-order chi connectivity index (χ0) is 12.1. The van der Waals surface area contributed by atoms with E-state index in [1.807, 2.05) is 0 Å². The highest BCUT2D eigenvalue weighted by Gasteiger charge is 2.12. The molecule has 0 atom stereocenters. The molecule has 16 heavy (non-hydrogen) atoms. The van der Waals surface area contributed by atoms with Gasteiger partial charge < -0.3 is 5.11 Å². The van der Waals surface area contributed by atoms with Crippen LogP contribution in [0.3, 0.4) is 0 Å². The Morgan fingerprint density at radius 3 is 2.44 bits per heavy atom. The van der Waals surface area contributed by atoms with E-state index in [9.17, 15) is 9.18 Å². The topological polar surface area (TPSA) is 41.7 Å². The Kier molecular flexibility index (Phi) is 3.84. The summed E-state index contributed by atoms with van der Waals surface area (Å²) in [7, 11) is 0.338. The number of rotatable bonds is 3. The Hall–Kier alpha value is -2.09. The third-order valence-corrected chi connectivity index (χ3v) is 2.10. The lowest BCUT2D eigenvalue weighted by Gasteiger charge is -2.01. The first-order valence-corrected chi connectivity index (χ1v) is 4.59. The first kappa shape index (κ1) is 12.0. The molecule has 5 heteroatoms. The molecule has 80 valence electrons. The SMILES string of the molecule is [C-]#[N+]C(C(=O)O)=C(C)Bc1ccc(F)cc1. The van der Waals surface area contributed by atoms with E-state index in [1.165, 1.54) is 12.1 Å². The first-order chi connectivity index (χ1) is 7.54. The van der Waals surface area contributed by atoms with Crippen molar-refractivity contribution in [3.05, 3.63) is 52.7 Å². The van der Waals surface area contributed by atoms with E-state index in [-0.39, 0.29) is 11.5 Å². The summed E-state index contributed by atoms with van der Waals surface area (Å²) in [5.74, 6) is -1.57. The van der Waals surface area contributed by atoms with Gasteiger partial charge in [-0.3, -0.25) is 4.79 Å². The van der Waals surface area contributed by atoms with Crippen molar-refractivity contribution in [2.45, 2.75) is 6.92 Å². The van der Waals surface area contributed by atoms with E-state index < -0.39 is 5.97 Å². The molecule has 0 aromatic heterocycles. The van der Waals surface area contributed by atoms with Crippen LogP contribution in [0, 0.1) is 12.4 Å². The zero-order valence-corrected chi connectivity index (χ0v) is 8.70. The summed E-state index contributed by atoms with van der Waals surface area (Å²) in [5.41, 5.74) is 0.972. The highest BCUT2D eigenvalue weighted by molar-refractivity contribution is 6.61. The Balaban J connectivity index is 2.93. The number of allylic oxidation sites excluding steroid dienone is 1. The van der Waals surface area contributed by atoms with Gasteiger partial charge in [0, 0.05) is 0 Å². The molecule has 0 heterocycles. The fourth-order valence-corrected chi connectivity index (χ4v) is 1.32. The van der Waals surface area contributed by atoms with Gasteiger partial charge in [0.1, 0.15) is 5.82 Å². The van der Waals surface area contributed by atoms with Crippen LogP contribution in [0.4, 0.5) is 4.39 Å². The van der Waals surface area contributed by atoms with Crippen LogP contribution < -0.4 is 5.46 Å². The molecule has 0 saturated heterocycles. The van der Waals surface area contributed by atoms with E-state index in [4.69, 9.17) is 11.7 Å². The minimum absolute atomic E-state index is 0.274. The van der Waals surface area contributed by atoms with Crippen LogP contribution in [0.25, 0.3) is 4.85 Å². The fraction of sp³-hybridized carbons (Fsp3) is 0.0909. The van der Waals surface area contributed by atoms with Crippen molar-refractivity contribution in [1.29, 1.82) is 0 Å². The van der Waals surface area contributed by atoms with Crippen molar-refractivity contribution in [2.24, 2.45) is 0 Å². The van der Waals surface area contributed by atoms with Gasteiger partial charge in [0.15, 0.2) is 7.28 Å². The summed E-state index contributed by atoms with van der Waals surface area (Å²) >= 11 is 0. The van der Waals surface area contributed by atoms with Crippen molar-refractivity contribution < 1.29 is 14.3 Å². The van der Waals surface area contributed by atoms with Gasteiger partial charge in [-0.1, -0.05) is 30.0 Å². The van der Waals surface area contributed by atoms with Crippen molar-refractivity contribution in [1.82, 2.24) is 0 Å². The Morgan fingerprint density at radius 2 is 2.00 bits per heavy atom. The number of carbonyl (C=O) groups is 1. The van der Waals surface area contributed by atoms with Gasteiger partial charge in [0.2, 0.25) is 0 Å². The van der Waals surface area contributed by atoms with E-state index >= 15 is 0 Å². The number of aliphatic carboxylic acids is 1. The fourth-order valence-electron chi connectivity index (χ4n) is 1.32. The molecule has 0 fully saturated rings. The van der Waals surface area contributed by atoms with E-state index in [1.54, 1.807) is 19.1 Å². The van der Waals surface area contributed by atoms with Gasteiger partial charge in [0.25, 0.3) is 5.70 Å². The maximum absolute atomic E-state index is 12.6. The average Bonchev–Trinajstić information content (AvgIpc) is 2.22. The molecule has 1 N–H and O–H groups in total. The predicted molar refractivity (Wildman–Crippen MR) is 60.1 cm³/mol. The van der Waals surface area contributed by atoms with Crippen LogP contribution in [-0.2, 0) is 4.79 Å². The Bertz CT molecular complexity index is 474. The third kappa shape index (κ3) is 2.96. The molecular weight excluding hydrogens is 208 g/mol. The van der Waals surface area contributed by atoms with Crippen molar-refractivity contribution in [2.75, 3.05) is 0 Å². The van der Waals surface area contributed by atoms with Crippen molar-refractivity contribution >= 4 is 18.7 Å². The maximum Gasteiger partial charge on any atom is 0.332 e. The molecule has 0 saturated carbocycles. The number of nitrogens with zero attached hydrogens (tertiary/aromatic N) is 1. The standard InChI is InChI=1S/C11H9BFNO2/c1-7(10(14-2)11(15)16)12-8-3-5-9(13)6-4-8/h3-6,12H,1H3,(H,15,16). The number of hydrogen-bond acceptors (Lipinski definition) is 1. The first-order valence-electron chi connectivity index (χ1n) is 4.59. The second-order valence-corrected chi connectivity index (χ2v) is 3.35. The summed E-state index contributed by atoms with van der Waals surface area (Å²) in [5, 5.41) is 8.73. The van der Waals surface area contributed by atoms with Gasteiger partial charge in [-0.05, 0) is 12.1 Å². The molecule has 0 bridgehead atoms. The van der Waals surface area contributed by atoms with E-state index in [0.717, 1.165) is 5.46 Å². The van der Waals surface area contributed by atoms with Gasteiger partial charge in [0.05, 0.1) is 6.57 Å². The lowest BCUT2D eigenvalue weighted by Crippen LogP contribution is -2.17. The molecule has 1 rings (SSSR count). The van der Waals surface area contributed by atoms with Gasteiger partial charge in [-0.15, -0.1) is 0 Å². The summed E-state index contributed by atoms with van der Waals surface area (Å²) in [6, 6.07) is 5.76. The second-order valence-electron chi connectivity index (χ2n) is 3.35. The average molecular weight is 217 g/mol. The molecular formula is C11H9BFNO2. The quantitative estimate of drug-likeness (QED) is 0.468. The van der Waals surface area contributed by atoms with Gasteiger partial charge in [-0.2, -0.15) is 0 Å². The van der Waals surface area contributed by atoms with Crippen LogP contribution in [-0.4, -0.2) is 18.4 Å². The Labute approximate surface area is 93.3 Å². The van der Waals surface area contributed by atoms with Crippen LogP contribution in [0.5, 0.6) is 0 Å². The van der Waals surface area contributed by atoms with Gasteiger partial charge in [-0.25, -0.2) is 9.24 Å². The minimum atomic E-state index is -1.23. The summed E-state index contributed by atoms with van der Waals surface area (Å²) < 4.78 is 12.6. The molecule has 1 aromatic carbocycles. The van der Waals surface area contributed by atoms with Gasteiger partial charge >= 0.3 is 5.97 Å². The lowest BCUT2D eigenvalue weighted by atomic mass is 9.63. The van der Waals surface area contributed by atoms with E-state index in [2.05, 4.69) is 4.85 Å². The molecule has 3 nitrogen and oxygen atoms in total. The molecule has 0 radical (unpaired) electrons. The largest absolute Gasteiger partial charge is 0.486 e. The summed E-state index contributed by atoms with van der Waals surface area (Å²) in [6.07, 6.45) is 0. The highest BCUT2D eigenvalue weighted by Crippen LogP contribution is 2.05. The monoisotopic (exact) mass is 217 g/mol. The normalized spacial score (nSPS) is 11.3. The maximum atomic E-state index is 12.6. The smallest absolute Gasteiger partial charge is 0.332 e. The van der Waals surface area contributed by atoms with Crippen LogP contribution in [0.2, 0.25) is 0 Å². The van der Waals surface area contributed by atoms with Crippen LogP contribution >= 0.6 is 0 Å². The number of hydrogen-bond donors (Lipinski definition) is 1. The number of carboxylic acid groups (broad SMARTS) is 1. The van der Waals surface area contributed by atoms with Crippen molar-refractivity contribution in [3.8, 4) is 0 Å². The van der Waals surface area contributed by atoms with Crippen molar-refractivity contribution in [3.63, 3.8) is 0 Å². The predicted octanol–water partition coefficient (Wildman–Crippen LogP) is 1.12. The number of carboxylic acids is 1. The molecule has 1 aromatic rings. The molecule has 0 amide bonds. The van der Waals surface area contributed by atoms with Crippen LogP contribution in [0.1, 0.15) is 6.92 Å². The molecule has 0 aliphatic rings. The minimum Gasteiger partial charge on any atom is -0.486 e. The summed E-state index contributed by atoms with van der Waals surface area (Å²) in [4.78, 5) is 13.6. The molecule has 0 aliphatic carbocycles. The molecule has 0 spiro atoms.